The van der Waals surface area contributed by atoms with Crippen LogP contribution in [0, 0.1) is 0 Å². The number of nitrogens with one attached hydrogen (secondary N) is 2. The lowest BCUT2D eigenvalue weighted by Gasteiger charge is -2.04. The van der Waals surface area contributed by atoms with Crippen molar-refractivity contribution in [2.24, 2.45) is 0 Å². The van der Waals surface area contributed by atoms with Gasteiger partial charge in [-0.2, -0.15) is 0 Å². The van der Waals surface area contributed by atoms with Crippen LogP contribution in [0.4, 0.5) is 5.69 Å². The van der Waals surface area contributed by atoms with Crippen molar-refractivity contribution in [3.05, 3.63) is 34.3 Å². The average molecular weight is 396 g/mol. The second kappa shape index (κ2) is 10.7. The molecule has 0 saturated heterocycles. The molecule has 0 radical (unpaired) electrons. The summed E-state index contributed by atoms with van der Waals surface area (Å²) in [6.45, 7) is 0.976. The Hall–Kier alpha value is -2.17. The molecule has 8 nitrogen and oxygen atoms in total. The van der Waals surface area contributed by atoms with Crippen molar-refractivity contribution in [1.29, 1.82) is 0 Å². The van der Waals surface area contributed by atoms with E-state index in [9.17, 15) is 9.59 Å². The number of benzene rings is 1. The normalized spacial score (nSPS) is 10.4. The predicted molar refractivity (Wildman–Crippen MR) is 102 cm³/mol. The Morgan fingerprint density at radius 1 is 1.19 bits per heavy atom. The van der Waals surface area contributed by atoms with Crippen LogP contribution >= 0.6 is 23.1 Å². The van der Waals surface area contributed by atoms with E-state index < -0.39 is 0 Å². The molecule has 2 aromatic rings. The molecule has 0 unspecified atom stereocenters. The molecule has 26 heavy (non-hydrogen) atoms. The van der Waals surface area contributed by atoms with E-state index in [0.717, 1.165) is 0 Å². The monoisotopic (exact) mass is 396 g/mol. The van der Waals surface area contributed by atoms with Gasteiger partial charge < -0.3 is 20.1 Å². The summed E-state index contributed by atoms with van der Waals surface area (Å²) in [6.07, 6.45) is 0. The third-order valence-corrected chi connectivity index (χ3v) is 5.14. The zero-order valence-electron chi connectivity index (χ0n) is 14.5. The van der Waals surface area contributed by atoms with Gasteiger partial charge in [0.05, 0.1) is 19.5 Å². The fourth-order valence-corrected chi connectivity index (χ4v) is 3.47. The lowest BCUT2D eigenvalue weighted by atomic mass is 10.3. The van der Waals surface area contributed by atoms with Gasteiger partial charge in [-0.1, -0.05) is 11.3 Å². The van der Waals surface area contributed by atoms with E-state index in [0.29, 0.717) is 41.1 Å². The third kappa shape index (κ3) is 6.62. The minimum absolute atomic E-state index is 0.0611. The molecule has 1 aromatic carbocycles. The molecule has 2 N–H and O–H groups in total. The van der Waals surface area contributed by atoms with Gasteiger partial charge in [0.2, 0.25) is 10.9 Å². The topological polar surface area (TPSA) is 102 Å². The molecular weight excluding hydrogens is 376 g/mol. The van der Waals surface area contributed by atoms with Crippen LogP contribution in [0.25, 0.3) is 0 Å². The van der Waals surface area contributed by atoms with Crippen molar-refractivity contribution >= 4 is 40.6 Å². The van der Waals surface area contributed by atoms with Gasteiger partial charge >= 0.3 is 0 Å². The maximum absolute atomic E-state index is 12.2. The number of hydrogen-bond donors (Lipinski definition) is 2. The molecule has 0 saturated carbocycles. The van der Waals surface area contributed by atoms with Gasteiger partial charge in [-0.25, -0.2) is 0 Å². The predicted octanol–water partition coefficient (Wildman–Crippen LogP) is 1.79. The van der Waals surface area contributed by atoms with Crippen LogP contribution in [0.1, 0.15) is 14.8 Å². The fourth-order valence-electron chi connectivity index (χ4n) is 1.84. The highest BCUT2D eigenvalue weighted by molar-refractivity contribution is 7.99. The number of aromatic nitrogens is 2. The van der Waals surface area contributed by atoms with Crippen LogP contribution in [0.15, 0.2) is 24.3 Å². The van der Waals surface area contributed by atoms with Gasteiger partial charge in [0.1, 0.15) is 10.8 Å². The molecule has 0 aliphatic heterocycles. The van der Waals surface area contributed by atoms with Gasteiger partial charge in [0.25, 0.3) is 5.91 Å². The number of rotatable bonds is 10. The van der Waals surface area contributed by atoms with Gasteiger partial charge in [-0.3, -0.25) is 9.59 Å². The highest BCUT2D eigenvalue weighted by Crippen LogP contribution is 2.19. The second-order valence-electron chi connectivity index (χ2n) is 5.02. The van der Waals surface area contributed by atoms with Crippen molar-refractivity contribution in [1.82, 2.24) is 15.5 Å². The van der Waals surface area contributed by atoms with Crippen molar-refractivity contribution in [2.75, 3.05) is 38.4 Å². The van der Waals surface area contributed by atoms with Crippen LogP contribution < -0.4 is 15.4 Å². The molecule has 2 rings (SSSR count). The molecule has 0 atom stereocenters. The summed E-state index contributed by atoms with van der Waals surface area (Å²) in [5.41, 5.74) is 0.648. The summed E-state index contributed by atoms with van der Waals surface area (Å²) in [6, 6.07) is 7.01. The largest absolute Gasteiger partial charge is 0.497 e. The van der Waals surface area contributed by atoms with Crippen molar-refractivity contribution < 1.29 is 19.1 Å². The number of ether oxygens (including phenoxy) is 2. The van der Waals surface area contributed by atoms with E-state index in [1.54, 1.807) is 38.5 Å². The third-order valence-electron chi connectivity index (χ3n) is 3.10. The standard InChI is InChI=1S/C16H20N4O4S2/c1-23-8-7-17-13(21)9-25-10-14-19-20-16(26-14)15(22)18-11-3-5-12(24-2)6-4-11/h3-6H,7-10H2,1-2H3,(H,17,21)(H,18,22). The maximum atomic E-state index is 12.2. The summed E-state index contributed by atoms with van der Waals surface area (Å²) < 4.78 is 9.94. The molecule has 0 aliphatic carbocycles. The number of amides is 2. The van der Waals surface area contributed by atoms with Crippen molar-refractivity contribution in [3.63, 3.8) is 0 Å². The molecule has 1 aromatic heterocycles. The number of anilines is 1. The Morgan fingerprint density at radius 3 is 2.65 bits per heavy atom. The minimum Gasteiger partial charge on any atom is -0.497 e. The molecule has 0 aliphatic rings. The molecule has 0 spiro atoms. The lowest BCUT2D eigenvalue weighted by molar-refractivity contribution is -0.118. The Kier molecular flexibility index (Phi) is 8.32. The Balaban J connectivity index is 1.77. The smallest absolute Gasteiger partial charge is 0.286 e. The van der Waals surface area contributed by atoms with E-state index >= 15 is 0 Å². The highest BCUT2D eigenvalue weighted by Gasteiger charge is 2.13. The van der Waals surface area contributed by atoms with Crippen LogP contribution in [-0.4, -0.2) is 55.1 Å². The Labute approximate surface area is 159 Å². The maximum Gasteiger partial charge on any atom is 0.286 e. The second-order valence-corrected chi connectivity index (χ2v) is 7.07. The van der Waals surface area contributed by atoms with Gasteiger partial charge in [0.15, 0.2) is 0 Å². The molecule has 1 heterocycles. The minimum atomic E-state index is -0.318. The fraction of sp³-hybridized carbons (Fsp3) is 0.375. The molecule has 10 heteroatoms. The summed E-state index contributed by atoms with van der Waals surface area (Å²) in [5.74, 6) is 1.17. The van der Waals surface area contributed by atoms with Gasteiger partial charge in [0, 0.05) is 25.1 Å². The van der Waals surface area contributed by atoms with E-state index in [1.807, 2.05) is 0 Å². The zero-order chi connectivity index (χ0) is 18.8. The van der Waals surface area contributed by atoms with E-state index in [4.69, 9.17) is 9.47 Å². The molecule has 0 bridgehead atoms. The van der Waals surface area contributed by atoms with Gasteiger partial charge in [-0.15, -0.1) is 22.0 Å². The average Bonchev–Trinajstić information content (AvgIpc) is 3.12. The zero-order valence-corrected chi connectivity index (χ0v) is 16.1. The van der Waals surface area contributed by atoms with Gasteiger partial charge in [-0.05, 0) is 24.3 Å². The first-order chi connectivity index (χ1) is 12.6. The first-order valence-corrected chi connectivity index (χ1v) is 9.70. The van der Waals surface area contributed by atoms with E-state index in [2.05, 4.69) is 20.8 Å². The van der Waals surface area contributed by atoms with Crippen LogP contribution in [0.3, 0.4) is 0 Å². The molecular formula is C16H20N4O4S2. The number of hydrogen-bond acceptors (Lipinski definition) is 8. The number of nitrogens with zero attached hydrogens (tertiary/aromatic N) is 2. The van der Waals surface area contributed by atoms with Crippen LogP contribution in [-0.2, 0) is 15.3 Å². The molecule has 0 fully saturated rings. The quantitative estimate of drug-likeness (QED) is 0.590. The number of carbonyl (C=O) groups is 2. The summed E-state index contributed by atoms with van der Waals surface area (Å²) in [5, 5.41) is 14.4. The summed E-state index contributed by atoms with van der Waals surface area (Å²) >= 11 is 2.62. The Bertz CT molecular complexity index is 721. The van der Waals surface area contributed by atoms with Crippen LogP contribution in [0.2, 0.25) is 0 Å². The van der Waals surface area contributed by atoms with E-state index in [1.165, 1.54) is 23.1 Å². The highest BCUT2D eigenvalue weighted by atomic mass is 32.2. The Morgan fingerprint density at radius 2 is 1.96 bits per heavy atom. The van der Waals surface area contributed by atoms with Crippen molar-refractivity contribution in [3.8, 4) is 5.75 Å². The lowest BCUT2D eigenvalue weighted by Crippen LogP contribution is -2.28. The van der Waals surface area contributed by atoms with Crippen molar-refractivity contribution in [2.45, 2.75) is 5.75 Å². The van der Waals surface area contributed by atoms with Crippen LogP contribution in [0.5, 0.6) is 5.75 Å². The summed E-state index contributed by atoms with van der Waals surface area (Å²) in [7, 11) is 3.16. The molecule has 140 valence electrons. The summed E-state index contributed by atoms with van der Waals surface area (Å²) in [4.78, 5) is 23.8. The number of methoxy groups -OCH3 is 2. The first-order valence-electron chi connectivity index (χ1n) is 7.73. The molecule has 2 amide bonds. The first kappa shape index (κ1) is 20.1. The SMILES string of the molecule is COCCNC(=O)CSCc1nnc(C(=O)Nc2ccc(OC)cc2)s1. The van der Waals surface area contributed by atoms with E-state index in [-0.39, 0.29) is 16.8 Å². The number of thioether (sulfide) groups is 1. The number of carbonyl (C=O) groups excluding carboxylic acids is 2.